The third kappa shape index (κ3) is 5.95. The standard InChI is InChI=1S/C14H19F3N2O/c1-2-3-8-19-13(20)7-9-18-12-6-4-5-11(10-12)14(15,16)17/h4-6,10,18H,2-3,7-9H2,1H3,(H,19,20). The number of anilines is 1. The highest BCUT2D eigenvalue weighted by Crippen LogP contribution is 2.30. The van der Waals surface area contributed by atoms with Gasteiger partial charge in [0.2, 0.25) is 5.91 Å². The van der Waals surface area contributed by atoms with Crippen molar-refractivity contribution in [2.75, 3.05) is 18.4 Å². The van der Waals surface area contributed by atoms with Gasteiger partial charge in [0.05, 0.1) is 5.56 Å². The maximum Gasteiger partial charge on any atom is 0.416 e. The first kappa shape index (κ1) is 16.3. The molecule has 0 aliphatic rings. The monoisotopic (exact) mass is 288 g/mol. The van der Waals surface area contributed by atoms with Crippen LogP contribution in [0.15, 0.2) is 24.3 Å². The van der Waals surface area contributed by atoms with Crippen LogP contribution in [0.3, 0.4) is 0 Å². The number of hydrogen-bond acceptors (Lipinski definition) is 2. The Labute approximate surface area is 116 Å². The Morgan fingerprint density at radius 2 is 2.00 bits per heavy atom. The van der Waals surface area contributed by atoms with Gasteiger partial charge in [-0.25, -0.2) is 0 Å². The number of benzene rings is 1. The predicted octanol–water partition coefficient (Wildman–Crippen LogP) is 3.42. The molecule has 1 rings (SSSR count). The van der Waals surface area contributed by atoms with Gasteiger partial charge >= 0.3 is 6.18 Å². The number of carbonyl (C=O) groups is 1. The van der Waals surface area contributed by atoms with Crippen LogP contribution in [-0.4, -0.2) is 19.0 Å². The first-order valence-electron chi connectivity index (χ1n) is 6.61. The van der Waals surface area contributed by atoms with Crippen LogP contribution in [0.1, 0.15) is 31.7 Å². The van der Waals surface area contributed by atoms with Crippen molar-refractivity contribution in [1.29, 1.82) is 0 Å². The Hall–Kier alpha value is -1.72. The van der Waals surface area contributed by atoms with Gasteiger partial charge in [0.25, 0.3) is 0 Å². The van der Waals surface area contributed by atoms with Crippen molar-refractivity contribution >= 4 is 11.6 Å². The summed E-state index contributed by atoms with van der Waals surface area (Å²) in [4.78, 5) is 11.4. The van der Waals surface area contributed by atoms with Crippen LogP contribution in [-0.2, 0) is 11.0 Å². The average molecular weight is 288 g/mol. The molecule has 0 unspecified atom stereocenters. The summed E-state index contributed by atoms with van der Waals surface area (Å²) in [5.74, 6) is -0.0991. The van der Waals surface area contributed by atoms with Gasteiger partial charge in [0, 0.05) is 25.2 Å². The molecule has 0 spiro atoms. The number of nitrogens with one attached hydrogen (secondary N) is 2. The number of alkyl halides is 3. The van der Waals surface area contributed by atoms with E-state index in [1.54, 1.807) is 6.07 Å². The summed E-state index contributed by atoms with van der Waals surface area (Å²) in [5.41, 5.74) is -0.337. The normalized spacial score (nSPS) is 11.2. The van der Waals surface area contributed by atoms with Crippen LogP contribution in [0.5, 0.6) is 0 Å². The van der Waals surface area contributed by atoms with Crippen LogP contribution in [0.2, 0.25) is 0 Å². The van der Waals surface area contributed by atoms with E-state index in [1.807, 2.05) is 6.92 Å². The Bertz CT molecular complexity index is 433. The number of carbonyl (C=O) groups excluding carboxylic acids is 1. The van der Waals surface area contributed by atoms with E-state index >= 15 is 0 Å². The van der Waals surface area contributed by atoms with Crippen molar-refractivity contribution < 1.29 is 18.0 Å². The molecule has 6 heteroatoms. The molecule has 0 fully saturated rings. The zero-order valence-electron chi connectivity index (χ0n) is 11.4. The van der Waals surface area contributed by atoms with Crippen molar-refractivity contribution in [3.63, 3.8) is 0 Å². The zero-order chi connectivity index (χ0) is 15.0. The third-order valence-electron chi connectivity index (χ3n) is 2.72. The summed E-state index contributed by atoms with van der Waals surface area (Å²) < 4.78 is 37.5. The highest BCUT2D eigenvalue weighted by Gasteiger charge is 2.30. The molecule has 0 aliphatic carbocycles. The average Bonchev–Trinajstić information content (AvgIpc) is 2.38. The lowest BCUT2D eigenvalue weighted by atomic mass is 10.2. The van der Waals surface area contributed by atoms with Gasteiger partial charge in [-0.2, -0.15) is 13.2 Å². The van der Waals surface area contributed by atoms with Gasteiger partial charge < -0.3 is 10.6 Å². The maximum atomic E-state index is 12.5. The Morgan fingerprint density at radius 1 is 1.25 bits per heavy atom. The molecule has 20 heavy (non-hydrogen) atoms. The molecule has 0 bridgehead atoms. The first-order chi connectivity index (χ1) is 9.43. The van der Waals surface area contributed by atoms with E-state index < -0.39 is 11.7 Å². The minimum atomic E-state index is -4.35. The van der Waals surface area contributed by atoms with Crippen LogP contribution < -0.4 is 10.6 Å². The number of rotatable bonds is 7. The van der Waals surface area contributed by atoms with E-state index in [0.717, 1.165) is 25.0 Å². The van der Waals surface area contributed by atoms with Crippen molar-refractivity contribution in [3.8, 4) is 0 Å². The smallest absolute Gasteiger partial charge is 0.385 e. The lowest BCUT2D eigenvalue weighted by Crippen LogP contribution is -2.26. The predicted molar refractivity (Wildman–Crippen MR) is 72.5 cm³/mol. The highest BCUT2D eigenvalue weighted by atomic mass is 19.4. The van der Waals surface area contributed by atoms with E-state index in [0.29, 0.717) is 18.8 Å². The Kier molecular flexibility index (Phi) is 6.35. The number of hydrogen-bond donors (Lipinski definition) is 2. The first-order valence-corrected chi connectivity index (χ1v) is 6.61. The quantitative estimate of drug-likeness (QED) is 0.755. The summed E-state index contributed by atoms with van der Waals surface area (Å²) in [6, 6.07) is 4.94. The number of unbranched alkanes of at least 4 members (excludes halogenated alkanes) is 1. The molecule has 0 saturated carbocycles. The molecule has 1 aromatic carbocycles. The summed E-state index contributed by atoms with van der Waals surface area (Å²) in [5, 5.41) is 5.56. The number of amides is 1. The summed E-state index contributed by atoms with van der Waals surface area (Å²) >= 11 is 0. The largest absolute Gasteiger partial charge is 0.416 e. The fourth-order valence-corrected chi connectivity index (χ4v) is 1.62. The van der Waals surface area contributed by atoms with E-state index in [2.05, 4.69) is 10.6 Å². The van der Waals surface area contributed by atoms with Gasteiger partial charge in [-0.1, -0.05) is 19.4 Å². The molecule has 0 aliphatic heterocycles. The fraction of sp³-hybridized carbons (Fsp3) is 0.500. The van der Waals surface area contributed by atoms with E-state index in [9.17, 15) is 18.0 Å². The van der Waals surface area contributed by atoms with E-state index in [1.165, 1.54) is 6.07 Å². The molecular weight excluding hydrogens is 269 g/mol. The molecule has 0 atom stereocenters. The molecule has 112 valence electrons. The van der Waals surface area contributed by atoms with Crippen LogP contribution in [0.25, 0.3) is 0 Å². The minimum Gasteiger partial charge on any atom is -0.385 e. The molecular formula is C14H19F3N2O. The van der Waals surface area contributed by atoms with Crippen molar-refractivity contribution in [2.24, 2.45) is 0 Å². The Morgan fingerprint density at radius 3 is 2.65 bits per heavy atom. The molecule has 1 amide bonds. The number of halogens is 3. The maximum absolute atomic E-state index is 12.5. The Balaban J connectivity index is 2.37. The summed E-state index contributed by atoms with van der Waals surface area (Å²) in [7, 11) is 0. The van der Waals surface area contributed by atoms with E-state index in [4.69, 9.17) is 0 Å². The van der Waals surface area contributed by atoms with Crippen molar-refractivity contribution in [2.45, 2.75) is 32.4 Å². The minimum absolute atomic E-state index is 0.0991. The SMILES string of the molecule is CCCCNC(=O)CCNc1cccc(C(F)(F)F)c1. The highest BCUT2D eigenvalue weighted by molar-refractivity contribution is 5.76. The molecule has 0 saturated heterocycles. The molecule has 0 aromatic heterocycles. The van der Waals surface area contributed by atoms with Gasteiger partial charge in [-0.3, -0.25) is 4.79 Å². The lowest BCUT2D eigenvalue weighted by Gasteiger charge is -2.10. The van der Waals surface area contributed by atoms with Crippen molar-refractivity contribution in [1.82, 2.24) is 5.32 Å². The van der Waals surface area contributed by atoms with Gasteiger partial charge in [0.1, 0.15) is 0 Å². The summed E-state index contributed by atoms with van der Waals surface area (Å²) in [6.07, 6.45) is -2.19. The topological polar surface area (TPSA) is 41.1 Å². The third-order valence-corrected chi connectivity index (χ3v) is 2.72. The van der Waals surface area contributed by atoms with Gasteiger partial charge in [0.15, 0.2) is 0 Å². The molecule has 1 aromatic rings. The van der Waals surface area contributed by atoms with Crippen LogP contribution in [0.4, 0.5) is 18.9 Å². The summed E-state index contributed by atoms with van der Waals surface area (Å²) in [6.45, 7) is 2.97. The van der Waals surface area contributed by atoms with E-state index in [-0.39, 0.29) is 12.3 Å². The lowest BCUT2D eigenvalue weighted by molar-refractivity contribution is -0.137. The van der Waals surface area contributed by atoms with Gasteiger partial charge in [-0.15, -0.1) is 0 Å². The second-order valence-corrected chi connectivity index (χ2v) is 4.46. The molecule has 2 N–H and O–H groups in total. The fourth-order valence-electron chi connectivity index (χ4n) is 1.62. The van der Waals surface area contributed by atoms with Gasteiger partial charge in [-0.05, 0) is 24.6 Å². The molecule has 0 heterocycles. The zero-order valence-corrected chi connectivity index (χ0v) is 11.4. The van der Waals surface area contributed by atoms with Crippen LogP contribution >= 0.6 is 0 Å². The second kappa shape index (κ2) is 7.77. The van der Waals surface area contributed by atoms with Crippen LogP contribution in [0, 0.1) is 0 Å². The second-order valence-electron chi connectivity index (χ2n) is 4.46. The molecule has 3 nitrogen and oxygen atoms in total. The molecule has 0 radical (unpaired) electrons. The van der Waals surface area contributed by atoms with Crippen molar-refractivity contribution in [3.05, 3.63) is 29.8 Å².